The van der Waals surface area contributed by atoms with E-state index in [-0.39, 0.29) is 0 Å². The van der Waals surface area contributed by atoms with Crippen LogP contribution in [-0.2, 0) is 6.54 Å². The summed E-state index contributed by atoms with van der Waals surface area (Å²) in [6, 6.07) is 13.1. The molecule has 0 aromatic heterocycles. The molecule has 1 fully saturated rings. The van der Waals surface area contributed by atoms with E-state index in [1.807, 2.05) is 0 Å². The van der Waals surface area contributed by atoms with Crippen LogP contribution in [-0.4, -0.2) is 13.1 Å². The largest absolute Gasteiger partial charge is 0.371 e. The lowest BCUT2D eigenvalue weighted by molar-refractivity contribution is 0.319. The van der Waals surface area contributed by atoms with E-state index in [0.717, 1.165) is 12.5 Å². The average Bonchev–Trinajstić information content (AvgIpc) is 2.46. The van der Waals surface area contributed by atoms with Crippen molar-refractivity contribution in [2.24, 2.45) is 11.7 Å². The van der Waals surface area contributed by atoms with Gasteiger partial charge in [0.15, 0.2) is 0 Å². The van der Waals surface area contributed by atoms with Crippen LogP contribution < -0.4 is 10.6 Å². The lowest BCUT2D eigenvalue weighted by Crippen LogP contribution is -2.32. The second-order valence-corrected chi connectivity index (χ2v) is 5.83. The van der Waals surface area contributed by atoms with Crippen LogP contribution in [0.1, 0.15) is 31.7 Å². The van der Waals surface area contributed by atoms with Gasteiger partial charge in [-0.3, -0.25) is 0 Å². The summed E-state index contributed by atoms with van der Waals surface area (Å²) in [5, 5.41) is 2.65. The van der Waals surface area contributed by atoms with E-state index >= 15 is 0 Å². The zero-order valence-corrected chi connectivity index (χ0v) is 12.3. The van der Waals surface area contributed by atoms with Gasteiger partial charge in [0.05, 0.1) is 0 Å². The number of hydrogen-bond acceptors (Lipinski definition) is 2. The Balaban J connectivity index is 2.00. The Labute approximate surface area is 121 Å². The van der Waals surface area contributed by atoms with Gasteiger partial charge in [-0.1, -0.05) is 36.8 Å². The second-order valence-electron chi connectivity index (χ2n) is 5.83. The van der Waals surface area contributed by atoms with Gasteiger partial charge in [-0.25, -0.2) is 0 Å². The maximum Gasteiger partial charge on any atom is 0.0446 e. The van der Waals surface area contributed by atoms with Crippen molar-refractivity contribution >= 4 is 16.5 Å². The molecular formula is C18H24N2. The molecule has 0 spiro atoms. The molecule has 0 atom stereocenters. The monoisotopic (exact) mass is 268 g/mol. The standard InChI is InChI=1S/C18H24N2/c1-2-20(13-14-6-5-7-14)18-11-10-15(12-19)16-8-3-4-9-17(16)18/h3-4,8-11,14H,2,5-7,12-13,19H2,1H3. The van der Waals surface area contributed by atoms with Crippen molar-refractivity contribution in [2.45, 2.75) is 32.7 Å². The van der Waals surface area contributed by atoms with Crippen molar-refractivity contribution in [3.8, 4) is 0 Å². The van der Waals surface area contributed by atoms with E-state index in [9.17, 15) is 0 Å². The topological polar surface area (TPSA) is 29.3 Å². The normalized spacial score (nSPS) is 15.3. The smallest absolute Gasteiger partial charge is 0.0446 e. The van der Waals surface area contributed by atoms with Gasteiger partial charge in [0.2, 0.25) is 0 Å². The third-order valence-electron chi connectivity index (χ3n) is 4.64. The molecule has 0 saturated heterocycles. The third kappa shape index (κ3) is 2.40. The van der Waals surface area contributed by atoms with Crippen molar-refractivity contribution in [3.05, 3.63) is 42.0 Å². The van der Waals surface area contributed by atoms with Crippen LogP contribution >= 0.6 is 0 Å². The first-order valence-electron chi connectivity index (χ1n) is 7.79. The minimum Gasteiger partial charge on any atom is -0.371 e. The number of anilines is 1. The molecule has 2 N–H and O–H groups in total. The van der Waals surface area contributed by atoms with Crippen molar-refractivity contribution in [3.63, 3.8) is 0 Å². The highest BCUT2D eigenvalue weighted by Gasteiger charge is 2.21. The van der Waals surface area contributed by atoms with Gasteiger partial charge in [-0.15, -0.1) is 0 Å². The summed E-state index contributed by atoms with van der Waals surface area (Å²) in [6.45, 7) is 5.13. The molecule has 0 bridgehead atoms. The van der Waals surface area contributed by atoms with Gasteiger partial charge in [0, 0.05) is 30.7 Å². The molecule has 2 aromatic carbocycles. The lowest BCUT2D eigenvalue weighted by atomic mass is 9.85. The van der Waals surface area contributed by atoms with Crippen LogP contribution in [0.3, 0.4) is 0 Å². The van der Waals surface area contributed by atoms with E-state index in [1.165, 1.54) is 47.8 Å². The minimum atomic E-state index is 0.607. The quantitative estimate of drug-likeness (QED) is 0.890. The Morgan fingerprint density at radius 3 is 2.45 bits per heavy atom. The predicted octanol–water partition coefficient (Wildman–Crippen LogP) is 3.92. The lowest BCUT2D eigenvalue weighted by Gasteiger charge is -2.34. The highest BCUT2D eigenvalue weighted by molar-refractivity contribution is 5.96. The number of nitrogens with two attached hydrogens (primary N) is 1. The van der Waals surface area contributed by atoms with Crippen LogP contribution in [0.5, 0.6) is 0 Å². The van der Waals surface area contributed by atoms with E-state index in [4.69, 9.17) is 5.73 Å². The van der Waals surface area contributed by atoms with Crippen LogP contribution in [0.4, 0.5) is 5.69 Å². The Bertz CT molecular complexity index is 587. The molecule has 1 aliphatic rings. The Morgan fingerprint density at radius 1 is 1.10 bits per heavy atom. The maximum absolute atomic E-state index is 5.87. The summed E-state index contributed by atoms with van der Waals surface area (Å²) in [7, 11) is 0. The Morgan fingerprint density at radius 2 is 1.85 bits per heavy atom. The Kier molecular flexibility index (Phi) is 3.93. The van der Waals surface area contributed by atoms with E-state index in [0.29, 0.717) is 6.54 Å². The predicted molar refractivity (Wildman–Crippen MR) is 87.1 cm³/mol. The zero-order chi connectivity index (χ0) is 13.9. The fraction of sp³-hybridized carbons (Fsp3) is 0.444. The van der Waals surface area contributed by atoms with Crippen LogP contribution in [0.25, 0.3) is 10.8 Å². The van der Waals surface area contributed by atoms with Gasteiger partial charge >= 0.3 is 0 Å². The van der Waals surface area contributed by atoms with Crippen molar-refractivity contribution in [1.82, 2.24) is 0 Å². The number of hydrogen-bond donors (Lipinski definition) is 1. The van der Waals surface area contributed by atoms with Gasteiger partial charge in [-0.2, -0.15) is 0 Å². The fourth-order valence-corrected chi connectivity index (χ4v) is 3.18. The summed E-state index contributed by atoms with van der Waals surface area (Å²) >= 11 is 0. The SMILES string of the molecule is CCN(CC1CCC1)c1ccc(CN)c2ccccc12. The molecule has 2 aromatic rings. The number of fused-ring (bicyclic) bond motifs is 1. The van der Waals surface area contributed by atoms with Crippen LogP contribution in [0.2, 0.25) is 0 Å². The summed E-state index contributed by atoms with van der Waals surface area (Å²) in [4.78, 5) is 2.53. The third-order valence-corrected chi connectivity index (χ3v) is 4.64. The molecule has 2 nitrogen and oxygen atoms in total. The van der Waals surface area contributed by atoms with Crippen molar-refractivity contribution < 1.29 is 0 Å². The van der Waals surface area contributed by atoms with Gasteiger partial charge in [0.1, 0.15) is 0 Å². The van der Waals surface area contributed by atoms with E-state index in [1.54, 1.807) is 0 Å². The van der Waals surface area contributed by atoms with Crippen molar-refractivity contribution in [2.75, 3.05) is 18.0 Å². The zero-order valence-electron chi connectivity index (χ0n) is 12.3. The molecule has 106 valence electrons. The highest BCUT2D eigenvalue weighted by Crippen LogP contribution is 2.33. The molecule has 20 heavy (non-hydrogen) atoms. The summed E-state index contributed by atoms with van der Waals surface area (Å²) < 4.78 is 0. The minimum absolute atomic E-state index is 0.607. The van der Waals surface area contributed by atoms with Gasteiger partial charge in [-0.05, 0) is 42.7 Å². The summed E-state index contributed by atoms with van der Waals surface area (Å²) in [6.07, 6.45) is 4.21. The van der Waals surface area contributed by atoms with E-state index < -0.39 is 0 Å². The fourth-order valence-electron chi connectivity index (χ4n) is 3.18. The average molecular weight is 268 g/mol. The molecule has 0 aliphatic heterocycles. The molecule has 1 aliphatic carbocycles. The molecule has 1 saturated carbocycles. The molecule has 0 amide bonds. The van der Waals surface area contributed by atoms with E-state index in [2.05, 4.69) is 48.2 Å². The number of benzene rings is 2. The summed E-state index contributed by atoms with van der Waals surface area (Å²) in [5.74, 6) is 0.892. The number of nitrogens with zero attached hydrogens (tertiary/aromatic N) is 1. The number of rotatable bonds is 5. The molecule has 3 rings (SSSR count). The first-order valence-corrected chi connectivity index (χ1v) is 7.79. The highest BCUT2D eigenvalue weighted by atomic mass is 15.1. The first kappa shape index (κ1) is 13.4. The molecule has 0 heterocycles. The van der Waals surface area contributed by atoms with Gasteiger partial charge in [0.25, 0.3) is 0 Å². The second kappa shape index (κ2) is 5.84. The van der Waals surface area contributed by atoms with Crippen LogP contribution in [0.15, 0.2) is 36.4 Å². The Hall–Kier alpha value is -1.54. The first-order chi connectivity index (χ1) is 9.83. The molecular weight excluding hydrogens is 244 g/mol. The van der Waals surface area contributed by atoms with Crippen molar-refractivity contribution in [1.29, 1.82) is 0 Å². The van der Waals surface area contributed by atoms with Gasteiger partial charge < -0.3 is 10.6 Å². The van der Waals surface area contributed by atoms with Crippen LogP contribution in [0, 0.1) is 5.92 Å². The molecule has 2 heteroatoms. The molecule has 0 unspecified atom stereocenters. The molecule has 0 radical (unpaired) electrons. The maximum atomic E-state index is 5.87. The summed E-state index contributed by atoms with van der Waals surface area (Å²) in [5.41, 5.74) is 8.48.